The van der Waals surface area contributed by atoms with Gasteiger partial charge in [-0.05, 0) is 18.1 Å². The Morgan fingerprint density at radius 1 is 1.33 bits per heavy atom. The van der Waals surface area contributed by atoms with Crippen LogP contribution in [0.15, 0.2) is 0 Å². The lowest BCUT2D eigenvalue weighted by Crippen LogP contribution is -2.13. The number of hydrogen-bond donors (Lipinski definition) is 0. The molecule has 1 aliphatic rings. The van der Waals surface area contributed by atoms with Crippen molar-refractivity contribution in [3.05, 3.63) is 0 Å². The van der Waals surface area contributed by atoms with Crippen molar-refractivity contribution in [3.8, 4) is 0 Å². The van der Waals surface area contributed by atoms with Crippen LogP contribution in [0.3, 0.4) is 0 Å². The van der Waals surface area contributed by atoms with Gasteiger partial charge in [0.25, 0.3) is 0 Å². The summed E-state index contributed by atoms with van der Waals surface area (Å²) in [4.78, 5) is 0. The van der Waals surface area contributed by atoms with E-state index in [9.17, 15) is 0 Å². The van der Waals surface area contributed by atoms with E-state index in [1.807, 2.05) is 0 Å². The van der Waals surface area contributed by atoms with Crippen molar-refractivity contribution in [2.24, 2.45) is 0 Å². The molecule has 2 atom stereocenters. The number of rotatable bonds is 1. The van der Waals surface area contributed by atoms with E-state index in [1.54, 1.807) is 0 Å². The topological polar surface area (TPSA) is 0 Å². The zero-order valence-electron chi connectivity index (χ0n) is 5.55. The van der Waals surface area contributed by atoms with Crippen LogP contribution in [0.2, 0.25) is 5.82 Å². The van der Waals surface area contributed by atoms with Crippen LogP contribution >= 0.6 is 11.6 Å². The second kappa shape index (κ2) is 3.60. The van der Waals surface area contributed by atoms with Crippen molar-refractivity contribution in [2.75, 3.05) is 0 Å². The summed E-state index contributed by atoms with van der Waals surface area (Å²) >= 11 is 1.47. The molecule has 0 amide bonds. The van der Waals surface area contributed by atoms with Crippen molar-refractivity contribution >= 4 is 26.6 Å². The molecular weight excluding hydrogens is 126 g/mol. The Balaban J connectivity index is 2.23. The molecule has 0 heterocycles. The lowest BCUT2D eigenvalue weighted by atomic mass is 9.75. The van der Waals surface area contributed by atoms with Gasteiger partial charge in [-0.15, -0.1) is 0 Å². The van der Waals surface area contributed by atoms with E-state index in [1.165, 1.54) is 30.9 Å². The van der Waals surface area contributed by atoms with Crippen LogP contribution in [0.4, 0.5) is 0 Å². The molecule has 0 aromatic heterocycles. The molecule has 1 aliphatic carbocycles. The fourth-order valence-corrected chi connectivity index (χ4v) is 1.97. The molecule has 0 aliphatic heterocycles. The molecule has 0 spiro atoms. The lowest BCUT2D eigenvalue weighted by Gasteiger charge is -2.25. The van der Waals surface area contributed by atoms with Gasteiger partial charge in [0.1, 0.15) is 0 Å². The first-order chi connectivity index (χ1) is 4.33. The van der Waals surface area contributed by atoms with Gasteiger partial charge in [0.05, 0.1) is 7.85 Å². The molecule has 46 valence electrons. The second-order valence-corrected chi connectivity index (χ2v) is 3.62. The average molecular weight is 136 g/mol. The van der Waals surface area contributed by atoms with E-state index in [2.05, 4.69) is 0 Å². The molecule has 0 nitrogen and oxygen atoms in total. The Hall–Kier alpha value is 0.480. The highest BCUT2D eigenvalue weighted by Gasteiger charge is 2.16. The van der Waals surface area contributed by atoms with Gasteiger partial charge >= 0.3 is 0 Å². The Labute approximate surface area is 63.9 Å². The van der Waals surface area contributed by atoms with Crippen molar-refractivity contribution in [1.82, 2.24) is 0 Å². The summed E-state index contributed by atoms with van der Waals surface area (Å²) in [6.45, 7) is 0. The van der Waals surface area contributed by atoms with E-state index < -0.39 is 0 Å². The molecule has 4 radical (unpaired) electrons. The fourth-order valence-electron chi connectivity index (χ4n) is 1.30. The smallest absolute Gasteiger partial charge is 0.161 e. The maximum absolute atomic E-state index is 5.73. The predicted octanol–water partition coefficient (Wildman–Crippen LogP) is 1.70. The normalized spacial score (nSPS) is 36.4. The first-order valence-electron chi connectivity index (χ1n) is 3.44. The van der Waals surface area contributed by atoms with Crippen LogP contribution in [0, 0.1) is 0 Å². The van der Waals surface area contributed by atoms with Crippen LogP contribution in [-0.4, -0.2) is 20.2 Å². The van der Waals surface area contributed by atoms with Crippen molar-refractivity contribution in [3.63, 3.8) is 0 Å². The van der Waals surface area contributed by atoms with Gasteiger partial charge < -0.3 is 0 Å². The van der Waals surface area contributed by atoms with Gasteiger partial charge in [-0.2, -0.15) is 0 Å². The first kappa shape index (κ1) is 7.59. The molecule has 3 heteroatoms. The minimum Gasteiger partial charge on any atom is -0.224 e. The summed E-state index contributed by atoms with van der Waals surface area (Å²) < 4.78 is 0. The van der Waals surface area contributed by atoms with E-state index >= 15 is 0 Å². The minimum atomic E-state index is 0.416. The standard InChI is InChI=1S/C6H10B2S/c7-5-2-1-3-6(4-5)9-8/h5-6H,1-4H2/t5-,6+/m0/s1. The SMILES string of the molecule is [B]S[C@@H]1CCC[C@H]([B])C1. The molecule has 0 aromatic rings. The third-order valence-electron chi connectivity index (χ3n) is 1.86. The van der Waals surface area contributed by atoms with Gasteiger partial charge in [0.15, 0.2) is 7.12 Å². The van der Waals surface area contributed by atoms with E-state index in [0.29, 0.717) is 11.1 Å². The quantitative estimate of drug-likeness (QED) is 0.494. The third kappa shape index (κ3) is 2.29. The maximum Gasteiger partial charge on any atom is 0.161 e. The zero-order valence-corrected chi connectivity index (χ0v) is 6.36. The average Bonchev–Trinajstić information content (AvgIpc) is 1.88. The largest absolute Gasteiger partial charge is 0.224 e. The fraction of sp³-hybridized carbons (Fsp3) is 1.00. The lowest BCUT2D eigenvalue weighted by molar-refractivity contribution is 0.517. The van der Waals surface area contributed by atoms with Gasteiger partial charge in [0.2, 0.25) is 0 Å². The minimum absolute atomic E-state index is 0.416. The Morgan fingerprint density at radius 3 is 2.56 bits per heavy atom. The Morgan fingerprint density at radius 2 is 2.11 bits per heavy atom. The maximum atomic E-state index is 5.73. The number of hydrogen-bond acceptors (Lipinski definition) is 1. The second-order valence-electron chi connectivity index (χ2n) is 2.68. The van der Waals surface area contributed by atoms with E-state index in [0.717, 1.165) is 6.42 Å². The van der Waals surface area contributed by atoms with Gasteiger partial charge in [0, 0.05) is 0 Å². The summed E-state index contributed by atoms with van der Waals surface area (Å²) in [7, 11) is 11.2. The van der Waals surface area contributed by atoms with Crippen LogP contribution in [0.25, 0.3) is 0 Å². The van der Waals surface area contributed by atoms with E-state index in [4.69, 9.17) is 15.0 Å². The van der Waals surface area contributed by atoms with Crippen molar-refractivity contribution in [1.29, 1.82) is 0 Å². The Kier molecular flexibility index (Phi) is 3.03. The predicted molar refractivity (Wildman–Crippen MR) is 45.1 cm³/mol. The van der Waals surface area contributed by atoms with Gasteiger partial charge in [-0.1, -0.05) is 18.7 Å². The highest BCUT2D eigenvalue weighted by Crippen LogP contribution is 2.31. The summed E-state index contributed by atoms with van der Waals surface area (Å²) in [5.74, 6) is 0.416. The monoisotopic (exact) mass is 136 g/mol. The summed E-state index contributed by atoms with van der Waals surface area (Å²) in [5.41, 5.74) is 0. The van der Waals surface area contributed by atoms with Crippen LogP contribution in [-0.2, 0) is 0 Å². The molecule has 1 fully saturated rings. The molecular formula is C6H10B2S. The molecule has 9 heavy (non-hydrogen) atoms. The highest BCUT2D eigenvalue weighted by atomic mass is 32.2. The molecule has 0 bridgehead atoms. The molecule has 1 saturated carbocycles. The van der Waals surface area contributed by atoms with Crippen LogP contribution < -0.4 is 0 Å². The van der Waals surface area contributed by atoms with Gasteiger partial charge in [-0.25, -0.2) is 11.6 Å². The molecule has 0 unspecified atom stereocenters. The first-order valence-corrected chi connectivity index (χ1v) is 4.38. The molecule has 0 N–H and O–H groups in total. The summed E-state index contributed by atoms with van der Waals surface area (Å²) in [6, 6.07) is 0. The Bertz CT molecular complexity index is 87.1. The van der Waals surface area contributed by atoms with Gasteiger partial charge in [-0.3, -0.25) is 0 Å². The third-order valence-corrected chi connectivity index (χ3v) is 2.67. The van der Waals surface area contributed by atoms with Crippen molar-refractivity contribution in [2.45, 2.75) is 36.8 Å². The molecule has 0 aromatic carbocycles. The van der Waals surface area contributed by atoms with E-state index in [-0.39, 0.29) is 0 Å². The highest BCUT2D eigenvalue weighted by molar-refractivity contribution is 8.20. The summed E-state index contributed by atoms with van der Waals surface area (Å²) in [5, 5.41) is 0.633. The molecule has 1 rings (SSSR count). The van der Waals surface area contributed by atoms with Crippen LogP contribution in [0.1, 0.15) is 25.7 Å². The van der Waals surface area contributed by atoms with Crippen LogP contribution in [0.5, 0.6) is 0 Å². The van der Waals surface area contributed by atoms with Crippen molar-refractivity contribution < 1.29 is 0 Å². The zero-order chi connectivity index (χ0) is 6.69. The molecule has 0 saturated heterocycles. The summed E-state index contributed by atoms with van der Waals surface area (Å²) in [6.07, 6.45) is 4.82.